The van der Waals surface area contributed by atoms with Crippen molar-refractivity contribution in [3.63, 3.8) is 0 Å². The van der Waals surface area contributed by atoms with Gasteiger partial charge in [0.05, 0.1) is 10.7 Å². The van der Waals surface area contributed by atoms with E-state index >= 15 is 0 Å². The van der Waals surface area contributed by atoms with Crippen LogP contribution >= 0.6 is 11.6 Å². The van der Waals surface area contributed by atoms with Crippen LogP contribution in [0.5, 0.6) is 0 Å². The highest BCUT2D eigenvalue weighted by Crippen LogP contribution is 2.22. The van der Waals surface area contributed by atoms with E-state index in [2.05, 4.69) is 10.6 Å². The second-order valence-electron chi connectivity index (χ2n) is 5.53. The number of ether oxygens (including phenoxy) is 1. The standard InChI is InChI=1S/C18H17ClFN3O4/c19-13-9-12(20)6-7-14(13)22-16(24)10-27-17(25)15(23-18(21)26)8-11-4-2-1-3-5-11/h1-7,9,15H,8,10H2,(H,22,24)(H3,21,23,26)/t15-/m0/s1. The van der Waals surface area contributed by atoms with Gasteiger partial charge >= 0.3 is 12.0 Å². The minimum Gasteiger partial charge on any atom is -0.454 e. The molecule has 0 saturated carbocycles. The van der Waals surface area contributed by atoms with Gasteiger partial charge in [0.1, 0.15) is 11.9 Å². The summed E-state index contributed by atoms with van der Waals surface area (Å²) in [5, 5.41) is 4.69. The number of nitrogens with two attached hydrogens (primary N) is 1. The molecule has 4 N–H and O–H groups in total. The number of hydrogen-bond acceptors (Lipinski definition) is 4. The predicted molar refractivity (Wildman–Crippen MR) is 97.7 cm³/mol. The normalized spacial score (nSPS) is 11.3. The number of primary amides is 1. The summed E-state index contributed by atoms with van der Waals surface area (Å²) in [5.74, 6) is -2.04. The number of esters is 1. The van der Waals surface area contributed by atoms with Crippen LogP contribution in [0.25, 0.3) is 0 Å². The maximum absolute atomic E-state index is 13.0. The molecule has 0 aliphatic rings. The van der Waals surface area contributed by atoms with Crippen LogP contribution in [-0.4, -0.2) is 30.6 Å². The average molecular weight is 394 g/mol. The van der Waals surface area contributed by atoms with Crippen molar-refractivity contribution < 1.29 is 23.5 Å². The number of carbonyl (C=O) groups is 3. The Morgan fingerprint density at radius 3 is 2.48 bits per heavy atom. The van der Waals surface area contributed by atoms with Crippen molar-refractivity contribution in [2.75, 3.05) is 11.9 Å². The Labute approximate surface area is 159 Å². The van der Waals surface area contributed by atoms with Gasteiger partial charge in [-0.25, -0.2) is 14.0 Å². The lowest BCUT2D eigenvalue weighted by atomic mass is 10.1. The van der Waals surface area contributed by atoms with Gasteiger partial charge < -0.3 is 21.1 Å². The van der Waals surface area contributed by atoms with Gasteiger partial charge in [-0.15, -0.1) is 0 Å². The second-order valence-corrected chi connectivity index (χ2v) is 5.94. The zero-order valence-electron chi connectivity index (χ0n) is 14.1. The van der Waals surface area contributed by atoms with E-state index in [1.54, 1.807) is 24.3 Å². The van der Waals surface area contributed by atoms with E-state index in [0.29, 0.717) is 0 Å². The van der Waals surface area contributed by atoms with Gasteiger partial charge in [-0.05, 0) is 23.8 Å². The van der Waals surface area contributed by atoms with Crippen LogP contribution in [0.4, 0.5) is 14.9 Å². The molecule has 0 unspecified atom stereocenters. The van der Waals surface area contributed by atoms with Gasteiger partial charge in [-0.1, -0.05) is 41.9 Å². The second kappa shape index (κ2) is 9.54. The monoisotopic (exact) mass is 393 g/mol. The largest absolute Gasteiger partial charge is 0.454 e. The summed E-state index contributed by atoms with van der Waals surface area (Å²) in [6.45, 7) is -0.613. The van der Waals surface area contributed by atoms with Gasteiger partial charge in [0.25, 0.3) is 5.91 Å². The quantitative estimate of drug-likeness (QED) is 0.626. The minimum atomic E-state index is -1.05. The first-order valence-corrected chi connectivity index (χ1v) is 8.24. The number of amides is 3. The fourth-order valence-corrected chi connectivity index (χ4v) is 2.44. The molecule has 0 radical (unpaired) electrons. The highest BCUT2D eigenvalue weighted by atomic mass is 35.5. The number of rotatable bonds is 7. The van der Waals surface area contributed by atoms with Crippen molar-refractivity contribution in [3.05, 3.63) is 64.9 Å². The molecular weight excluding hydrogens is 377 g/mol. The third kappa shape index (κ3) is 6.59. The Balaban J connectivity index is 1.93. The van der Waals surface area contributed by atoms with E-state index < -0.39 is 36.4 Å². The molecule has 2 rings (SSSR count). The smallest absolute Gasteiger partial charge is 0.329 e. The van der Waals surface area contributed by atoms with Crippen molar-refractivity contribution in [1.82, 2.24) is 5.32 Å². The number of urea groups is 1. The lowest BCUT2D eigenvalue weighted by molar-refractivity contribution is -0.149. The molecule has 1 atom stereocenters. The maximum atomic E-state index is 13.0. The fourth-order valence-electron chi connectivity index (χ4n) is 2.23. The number of carbonyl (C=O) groups excluding carboxylic acids is 3. The van der Waals surface area contributed by atoms with Crippen LogP contribution in [0.1, 0.15) is 5.56 Å². The lowest BCUT2D eigenvalue weighted by Gasteiger charge is -2.16. The third-order valence-electron chi connectivity index (χ3n) is 3.43. The molecule has 0 spiro atoms. The van der Waals surface area contributed by atoms with Crippen molar-refractivity contribution in [2.45, 2.75) is 12.5 Å². The third-order valence-corrected chi connectivity index (χ3v) is 3.75. The van der Waals surface area contributed by atoms with E-state index in [1.165, 1.54) is 6.07 Å². The first-order valence-electron chi connectivity index (χ1n) is 7.86. The molecule has 0 heterocycles. The molecule has 0 aliphatic heterocycles. The van der Waals surface area contributed by atoms with Gasteiger partial charge in [0.15, 0.2) is 6.61 Å². The SMILES string of the molecule is NC(=O)N[C@@H](Cc1ccccc1)C(=O)OCC(=O)Nc1ccc(F)cc1Cl. The Morgan fingerprint density at radius 1 is 1.15 bits per heavy atom. The summed E-state index contributed by atoms with van der Waals surface area (Å²) in [5.41, 5.74) is 6.04. The zero-order valence-corrected chi connectivity index (χ0v) is 14.8. The molecule has 0 aliphatic carbocycles. The predicted octanol–water partition coefficient (Wildman–Crippen LogP) is 2.24. The first kappa shape index (κ1) is 20.2. The highest BCUT2D eigenvalue weighted by Gasteiger charge is 2.23. The highest BCUT2D eigenvalue weighted by molar-refractivity contribution is 6.33. The maximum Gasteiger partial charge on any atom is 0.329 e. The van der Waals surface area contributed by atoms with Crippen LogP contribution in [0.3, 0.4) is 0 Å². The Morgan fingerprint density at radius 2 is 1.85 bits per heavy atom. The lowest BCUT2D eigenvalue weighted by Crippen LogP contribution is -2.46. The molecule has 7 nitrogen and oxygen atoms in total. The van der Waals surface area contributed by atoms with E-state index in [1.807, 2.05) is 6.07 Å². The molecular formula is C18H17ClFN3O4. The summed E-state index contributed by atoms with van der Waals surface area (Å²) in [7, 11) is 0. The number of benzene rings is 2. The Hall–Kier alpha value is -3.13. The summed E-state index contributed by atoms with van der Waals surface area (Å²) >= 11 is 5.81. The van der Waals surface area contributed by atoms with Crippen LogP contribution < -0.4 is 16.4 Å². The molecule has 0 aromatic heterocycles. The van der Waals surface area contributed by atoms with Crippen molar-refractivity contribution >= 4 is 35.2 Å². The van der Waals surface area contributed by atoms with E-state index in [0.717, 1.165) is 17.7 Å². The van der Waals surface area contributed by atoms with Crippen LogP contribution in [0, 0.1) is 5.82 Å². The van der Waals surface area contributed by atoms with Gasteiger partial charge in [0.2, 0.25) is 0 Å². The van der Waals surface area contributed by atoms with Crippen LogP contribution in [0.15, 0.2) is 48.5 Å². The molecule has 0 saturated heterocycles. The summed E-state index contributed by atoms with van der Waals surface area (Å²) in [6, 6.07) is 10.4. The minimum absolute atomic E-state index is 0.00651. The molecule has 0 fully saturated rings. The number of nitrogens with one attached hydrogen (secondary N) is 2. The molecule has 2 aromatic rings. The molecule has 3 amide bonds. The van der Waals surface area contributed by atoms with Gasteiger partial charge in [-0.3, -0.25) is 4.79 Å². The van der Waals surface area contributed by atoms with Gasteiger partial charge in [0, 0.05) is 6.42 Å². The molecule has 9 heteroatoms. The van der Waals surface area contributed by atoms with Crippen molar-refractivity contribution in [2.24, 2.45) is 5.73 Å². The molecule has 2 aromatic carbocycles. The number of halogens is 2. The summed E-state index contributed by atoms with van der Waals surface area (Å²) in [4.78, 5) is 35.2. The Bertz CT molecular complexity index is 833. The molecule has 142 valence electrons. The number of anilines is 1. The molecule has 27 heavy (non-hydrogen) atoms. The van der Waals surface area contributed by atoms with E-state index in [4.69, 9.17) is 22.1 Å². The zero-order chi connectivity index (χ0) is 19.8. The van der Waals surface area contributed by atoms with E-state index in [9.17, 15) is 18.8 Å². The van der Waals surface area contributed by atoms with E-state index in [-0.39, 0.29) is 17.1 Å². The van der Waals surface area contributed by atoms with Gasteiger partial charge in [-0.2, -0.15) is 0 Å². The topological polar surface area (TPSA) is 111 Å². The van der Waals surface area contributed by atoms with Crippen LogP contribution in [-0.2, 0) is 20.7 Å². The van der Waals surface area contributed by atoms with Crippen LogP contribution in [0.2, 0.25) is 5.02 Å². The average Bonchev–Trinajstić information content (AvgIpc) is 2.62. The first-order chi connectivity index (χ1) is 12.8. The Kier molecular flexibility index (Phi) is 7.13. The fraction of sp³-hybridized carbons (Fsp3) is 0.167. The van der Waals surface area contributed by atoms with Crippen molar-refractivity contribution in [1.29, 1.82) is 0 Å². The summed E-state index contributed by atoms with van der Waals surface area (Å²) in [6.07, 6.45) is 0.147. The summed E-state index contributed by atoms with van der Waals surface area (Å²) < 4.78 is 17.9. The molecule has 0 bridgehead atoms. The van der Waals surface area contributed by atoms with Crippen molar-refractivity contribution in [3.8, 4) is 0 Å². The number of hydrogen-bond donors (Lipinski definition) is 3.